The Labute approximate surface area is 283 Å². The highest BCUT2D eigenvalue weighted by atomic mass is 79.9. The fraction of sp³-hybridized carbons (Fsp3) is 0.235. The number of halogens is 3. The molecule has 0 unspecified atom stereocenters. The number of hydrogen-bond acceptors (Lipinski definition) is 4. The van der Waals surface area contributed by atoms with Crippen LogP contribution in [0.1, 0.15) is 30.9 Å². The van der Waals surface area contributed by atoms with Crippen LogP contribution in [0.5, 0.6) is 0 Å². The van der Waals surface area contributed by atoms with Crippen molar-refractivity contribution in [2.45, 2.75) is 43.7 Å². The summed E-state index contributed by atoms with van der Waals surface area (Å²) in [5.41, 5.74) is 1.70. The van der Waals surface area contributed by atoms with Gasteiger partial charge in [0.05, 0.1) is 10.6 Å². The first-order chi connectivity index (χ1) is 21.6. The van der Waals surface area contributed by atoms with Gasteiger partial charge in [0.25, 0.3) is 10.0 Å². The second kappa shape index (κ2) is 16.3. The first-order valence-corrected chi connectivity index (χ1v) is 17.5. The predicted octanol–water partition coefficient (Wildman–Crippen LogP) is 7.51. The van der Waals surface area contributed by atoms with E-state index in [0.717, 1.165) is 22.7 Å². The molecule has 0 fully saturated rings. The van der Waals surface area contributed by atoms with Gasteiger partial charge in [-0.25, -0.2) is 8.42 Å². The first kappa shape index (κ1) is 34.5. The predicted molar refractivity (Wildman–Crippen MR) is 184 cm³/mol. The first-order valence-electron chi connectivity index (χ1n) is 14.5. The molecule has 7 nitrogen and oxygen atoms in total. The Hall–Kier alpha value is -3.37. The number of benzene rings is 4. The monoisotopic (exact) mass is 729 g/mol. The third kappa shape index (κ3) is 9.33. The van der Waals surface area contributed by atoms with E-state index in [9.17, 15) is 18.0 Å². The Bertz CT molecular complexity index is 1710. The lowest BCUT2D eigenvalue weighted by atomic mass is 10.0. The number of carbonyl (C=O) groups is 2. The number of sulfonamides is 1. The quantitative estimate of drug-likeness (QED) is 0.136. The van der Waals surface area contributed by atoms with Gasteiger partial charge in [0.2, 0.25) is 11.8 Å². The van der Waals surface area contributed by atoms with E-state index >= 15 is 0 Å². The third-order valence-electron chi connectivity index (χ3n) is 7.16. The topological polar surface area (TPSA) is 86.8 Å². The zero-order valence-corrected chi connectivity index (χ0v) is 28.6. The number of anilines is 1. The molecule has 11 heteroatoms. The SMILES string of the molecule is CCCCNC(=O)[C@@H](Cc1ccccc1)N(Cc1ccc(Cl)cc1Cl)C(=O)CN(c1cccc(Br)c1)S(=O)(=O)c1ccccc1. The van der Waals surface area contributed by atoms with Crippen LogP contribution in [0.3, 0.4) is 0 Å². The van der Waals surface area contributed by atoms with Crippen LogP contribution in [0.2, 0.25) is 10.0 Å². The normalized spacial score (nSPS) is 11.9. The van der Waals surface area contributed by atoms with E-state index in [1.54, 1.807) is 60.7 Å². The molecule has 0 saturated heterocycles. The zero-order valence-electron chi connectivity index (χ0n) is 24.7. The zero-order chi connectivity index (χ0) is 32.4. The fourth-order valence-corrected chi connectivity index (χ4v) is 7.06. The van der Waals surface area contributed by atoms with Crippen molar-refractivity contribution in [3.05, 3.63) is 129 Å². The molecule has 2 amide bonds. The van der Waals surface area contributed by atoms with E-state index in [1.807, 2.05) is 37.3 Å². The second-order valence-electron chi connectivity index (χ2n) is 10.4. The molecule has 4 aromatic carbocycles. The summed E-state index contributed by atoms with van der Waals surface area (Å²) in [6.45, 7) is 1.85. The van der Waals surface area contributed by atoms with Crippen molar-refractivity contribution in [3.8, 4) is 0 Å². The summed E-state index contributed by atoms with van der Waals surface area (Å²) in [5.74, 6) is -0.919. The van der Waals surface area contributed by atoms with Crippen molar-refractivity contribution in [3.63, 3.8) is 0 Å². The van der Waals surface area contributed by atoms with Crippen molar-refractivity contribution < 1.29 is 18.0 Å². The average Bonchev–Trinajstić information content (AvgIpc) is 3.03. The van der Waals surface area contributed by atoms with Gasteiger partial charge in [-0.3, -0.25) is 13.9 Å². The molecule has 0 aliphatic rings. The Balaban J connectivity index is 1.80. The number of unbranched alkanes of at least 4 members (excludes halogenated alkanes) is 1. The van der Waals surface area contributed by atoms with Gasteiger partial charge in [0, 0.05) is 34.0 Å². The molecular formula is C34H34BrCl2N3O4S. The molecule has 4 aromatic rings. The smallest absolute Gasteiger partial charge is 0.264 e. The molecule has 0 aromatic heterocycles. The summed E-state index contributed by atoms with van der Waals surface area (Å²) < 4.78 is 29.8. The Morgan fingerprint density at radius 3 is 2.22 bits per heavy atom. The molecule has 1 N–H and O–H groups in total. The van der Waals surface area contributed by atoms with Crippen LogP contribution in [0.25, 0.3) is 0 Å². The number of carbonyl (C=O) groups excluding carboxylic acids is 2. The van der Waals surface area contributed by atoms with Crippen molar-refractivity contribution >= 4 is 66.7 Å². The van der Waals surface area contributed by atoms with Gasteiger partial charge in [-0.05, 0) is 60.0 Å². The summed E-state index contributed by atoms with van der Waals surface area (Å²) in [5, 5.41) is 3.72. The molecule has 0 bridgehead atoms. The highest BCUT2D eigenvalue weighted by Gasteiger charge is 2.35. The van der Waals surface area contributed by atoms with Crippen LogP contribution >= 0.6 is 39.1 Å². The average molecular weight is 732 g/mol. The maximum absolute atomic E-state index is 14.5. The second-order valence-corrected chi connectivity index (χ2v) is 14.0. The van der Waals surface area contributed by atoms with Gasteiger partial charge in [-0.2, -0.15) is 0 Å². The van der Waals surface area contributed by atoms with E-state index in [2.05, 4.69) is 21.2 Å². The maximum Gasteiger partial charge on any atom is 0.264 e. The van der Waals surface area contributed by atoms with Gasteiger partial charge in [-0.1, -0.05) is 113 Å². The molecule has 236 valence electrons. The lowest BCUT2D eigenvalue weighted by molar-refractivity contribution is -0.140. The highest BCUT2D eigenvalue weighted by Crippen LogP contribution is 2.28. The largest absolute Gasteiger partial charge is 0.354 e. The van der Waals surface area contributed by atoms with E-state index in [-0.39, 0.29) is 29.5 Å². The Morgan fingerprint density at radius 2 is 1.58 bits per heavy atom. The summed E-state index contributed by atoms with van der Waals surface area (Å²) in [6.07, 6.45) is 1.86. The minimum atomic E-state index is -4.19. The van der Waals surface area contributed by atoms with Crippen molar-refractivity contribution in [1.82, 2.24) is 10.2 Å². The van der Waals surface area contributed by atoms with Crippen LogP contribution in [0, 0.1) is 0 Å². The molecule has 0 aliphatic carbocycles. The summed E-state index contributed by atoms with van der Waals surface area (Å²) in [6, 6.07) is 28.0. The van der Waals surface area contributed by atoms with Crippen LogP contribution in [0.4, 0.5) is 5.69 Å². The van der Waals surface area contributed by atoms with Crippen LogP contribution < -0.4 is 9.62 Å². The van der Waals surface area contributed by atoms with Crippen molar-refractivity contribution in [2.24, 2.45) is 0 Å². The molecule has 1 atom stereocenters. The van der Waals surface area contributed by atoms with E-state index < -0.39 is 28.5 Å². The molecule has 0 spiro atoms. The highest BCUT2D eigenvalue weighted by molar-refractivity contribution is 9.10. The molecule has 0 heterocycles. The number of hydrogen-bond donors (Lipinski definition) is 1. The number of amides is 2. The number of nitrogens with zero attached hydrogens (tertiary/aromatic N) is 2. The molecule has 4 rings (SSSR count). The van der Waals surface area contributed by atoms with Gasteiger partial charge < -0.3 is 10.2 Å². The van der Waals surface area contributed by atoms with Crippen LogP contribution in [0.15, 0.2) is 112 Å². The van der Waals surface area contributed by atoms with Crippen molar-refractivity contribution in [1.29, 1.82) is 0 Å². The molecule has 0 saturated carbocycles. The van der Waals surface area contributed by atoms with E-state index in [0.29, 0.717) is 26.6 Å². The summed E-state index contributed by atoms with van der Waals surface area (Å²) >= 11 is 16.1. The Morgan fingerprint density at radius 1 is 0.889 bits per heavy atom. The summed E-state index contributed by atoms with van der Waals surface area (Å²) in [7, 11) is -4.19. The fourth-order valence-electron chi connectivity index (χ4n) is 4.77. The minimum Gasteiger partial charge on any atom is -0.354 e. The molecular weight excluding hydrogens is 697 g/mol. The molecule has 0 aliphatic heterocycles. The van der Waals surface area contributed by atoms with Crippen molar-refractivity contribution in [2.75, 3.05) is 17.4 Å². The lowest BCUT2D eigenvalue weighted by Crippen LogP contribution is -2.53. The van der Waals surface area contributed by atoms with E-state index in [1.165, 1.54) is 17.0 Å². The lowest BCUT2D eigenvalue weighted by Gasteiger charge is -2.34. The Kier molecular flexibility index (Phi) is 12.5. The number of rotatable bonds is 14. The number of nitrogens with one attached hydrogen (secondary N) is 1. The molecule has 0 radical (unpaired) electrons. The third-order valence-corrected chi connectivity index (χ3v) is 10.0. The van der Waals surface area contributed by atoms with Gasteiger partial charge in [0.15, 0.2) is 0 Å². The minimum absolute atomic E-state index is 0.0308. The van der Waals surface area contributed by atoms with Crippen LogP contribution in [-0.2, 0) is 32.6 Å². The van der Waals surface area contributed by atoms with E-state index in [4.69, 9.17) is 23.2 Å². The van der Waals surface area contributed by atoms with Crippen LogP contribution in [-0.4, -0.2) is 44.3 Å². The van der Waals surface area contributed by atoms with Gasteiger partial charge in [-0.15, -0.1) is 0 Å². The maximum atomic E-state index is 14.5. The molecule has 45 heavy (non-hydrogen) atoms. The van der Waals surface area contributed by atoms with Gasteiger partial charge in [0.1, 0.15) is 12.6 Å². The standard InChI is InChI=1S/C34H34BrCl2N3O4S/c1-2-3-19-38-34(42)32(20-25-11-6-4-7-12-25)39(23-26-17-18-28(36)22-31(26)37)33(41)24-40(29-14-10-13-27(35)21-29)45(43,44)30-15-8-5-9-16-30/h4-18,21-22,32H,2-3,19-20,23-24H2,1H3,(H,38,42)/t32-/m1/s1. The summed E-state index contributed by atoms with van der Waals surface area (Å²) in [4.78, 5) is 29.8. The van der Waals surface area contributed by atoms with Gasteiger partial charge >= 0.3 is 0 Å².